The summed E-state index contributed by atoms with van der Waals surface area (Å²) >= 11 is 0. The summed E-state index contributed by atoms with van der Waals surface area (Å²) in [5, 5.41) is 23.4. The van der Waals surface area contributed by atoms with Crippen LogP contribution < -0.4 is 10.4 Å². The van der Waals surface area contributed by atoms with Gasteiger partial charge in [0.2, 0.25) is 0 Å². The van der Waals surface area contributed by atoms with Gasteiger partial charge in [0.15, 0.2) is 12.6 Å². The molecule has 0 amide bonds. The zero-order chi connectivity index (χ0) is 22.2. The summed E-state index contributed by atoms with van der Waals surface area (Å²) in [4.78, 5) is 0. The molecule has 4 rings (SSSR count). The predicted molar refractivity (Wildman–Crippen MR) is 120 cm³/mol. The van der Waals surface area contributed by atoms with Crippen LogP contribution >= 0.6 is 0 Å². The lowest BCUT2D eigenvalue weighted by molar-refractivity contribution is -0.251. The summed E-state index contributed by atoms with van der Waals surface area (Å²) in [7, 11) is -2.78. The van der Waals surface area contributed by atoms with Crippen LogP contribution in [-0.4, -0.2) is 62.1 Å². The zero-order valence-corrected chi connectivity index (χ0v) is 19.5. The molecule has 0 bridgehead atoms. The summed E-state index contributed by atoms with van der Waals surface area (Å²) in [5.74, 6) is 0. The van der Waals surface area contributed by atoms with Crippen LogP contribution in [0.2, 0.25) is 5.04 Å². The molecule has 2 fully saturated rings. The molecule has 0 aliphatic carbocycles. The molecule has 168 valence electrons. The van der Waals surface area contributed by atoms with Crippen molar-refractivity contribution in [3.63, 3.8) is 0 Å². The Morgan fingerprint density at radius 1 is 0.839 bits per heavy atom. The SMILES string of the molecule is CC1O[C@H]2O[C@H](CO[Si](c3ccccc3)(c3ccccc3)C(C)(C)C)[C@H](O)[C@H](O)[C@H]2O1. The number of hydrogen-bond acceptors (Lipinski definition) is 6. The van der Waals surface area contributed by atoms with E-state index >= 15 is 0 Å². The Morgan fingerprint density at radius 2 is 1.39 bits per heavy atom. The van der Waals surface area contributed by atoms with Gasteiger partial charge in [-0.2, -0.15) is 0 Å². The highest BCUT2D eigenvalue weighted by molar-refractivity contribution is 6.99. The van der Waals surface area contributed by atoms with Gasteiger partial charge in [-0.3, -0.25) is 0 Å². The van der Waals surface area contributed by atoms with Gasteiger partial charge in [0, 0.05) is 0 Å². The van der Waals surface area contributed by atoms with Gasteiger partial charge in [0.25, 0.3) is 8.32 Å². The second-order valence-electron chi connectivity index (χ2n) is 9.30. The third kappa shape index (κ3) is 4.12. The Morgan fingerprint density at radius 3 is 1.90 bits per heavy atom. The second-order valence-corrected chi connectivity index (χ2v) is 13.6. The number of aliphatic hydroxyl groups is 2. The topological polar surface area (TPSA) is 77.4 Å². The van der Waals surface area contributed by atoms with Crippen molar-refractivity contribution in [3.8, 4) is 0 Å². The largest absolute Gasteiger partial charge is 0.405 e. The third-order valence-corrected chi connectivity index (χ3v) is 11.2. The van der Waals surface area contributed by atoms with Gasteiger partial charge in [-0.25, -0.2) is 0 Å². The molecule has 2 aromatic carbocycles. The first-order valence-electron chi connectivity index (χ1n) is 10.8. The van der Waals surface area contributed by atoms with E-state index in [2.05, 4.69) is 45.0 Å². The highest BCUT2D eigenvalue weighted by Gasteiger charge is 2.54. The molecule has 0 spiro atoms. The van der Waals surface area contributed by atoms with Gasteiger partial charge in [-0.05, 0) is 22.3 Å². The molecule has 7 heteroatoms. The third-order valence-electron chi connectivity index (χ3n) is 6.20. The van der Waals surface area contributed by atoms with Gasteiger partial charge >= 0.3 is 0 Å². The van der Waals surface area contributed by atoms with Crippen molar-refractivity contribution >= 4 is 18.7 Å². The van der Waals surface area contributed by atoms with Crippen LogP contribution in [0.15, 0.2) is 60.7 Å². The molecule has 2 aliphatic rings. The number of fused-ring (bicyclic) bond motifs is 1. The number of ether oxygens (including phenoxy) is 3. The molecule has 2 saturated heterocycles. The van der Waals surface area contributed by atoms with Crippen molar-refractivity contribution in [2.24, 2.45) is 0 Å². The first kappa shape index (κ1) is 22.6. The Bertz CT molecular complexity index is 814. The van der Waals surface area contributed by atoms with Crippen LogP contribution in [0.4, 0.5) is 0 Å². The average molecular weight is 445 g/mol. The summed E-state index contributed by atoms with van der Waals surface area (Å²) < 4.78 is 24.0. The fourth-order valence-corrected chi connectivity index (χ4v) is 9.28. The zero-order valence-electron chi connectivity index (χ0n) is 18.5. The number of benzene rings is 2. The van der Waals surface area contributed by atoms with E-state index in [0.29, 0.717) is 0 Å². The highest BCUT2D eigenvalue weighted by atomic mass is 28.4. The minimum absolute atomic E-state index is 0.131. The van der Waals surface area contributed by atoms with Gasteiger partial charge in [0.05, 0.1) is 6.61 Å². The number of rotatable bonds is 5. The van der Waals surface area contributed by atoms with Crippen molar-refractivity contribution < 1.29 is 28.8 Å². The molecule has 0 radical (unpaired) electrons. The number of hydrogen-bond donors (Lipinski definition) is 2. The molecular weight excluding hydrogens is 412 g/mol. The van der Waals surface area contributed by atoms with Crippen molar-refractivity contribution in [2.75, 3.05) is 6.61 Å². The minimum atomic E-state index is -2.78. The standard InChI is InChI=1S/C24H32O6Si/c1-16-28-22-21(26)20(25)19(30-23(22)29-16)15-27-31(24(2,3)4,17-11-7-5-8-12-17)18-13-9-6-10-14-18/h5-14,16,19-23,25-26H,15H2,1-4H3/t16?,19-,20+,21+,22-,23+/m1/s1. The van der Waals surface area contributed by atoms with Crippen LogP contribution in [0.3, 0.4) is 0 Å². The van der Waals surface area contributed by atoms with Gasteiger partial charge in [-0.15, -0.1) is 0 Å². The van der Waals surface area contributed by atoms with Crippen molar-refractivity contribution in [2.45, 2.75) is 69.7 Å². The maximum atomic E-state index is 10.7. The Kier molecular flexibility index (Phi) is 6.38. The van der Waals surface area contributed by atoms with E-state index < -0.39 is 45.3 Å². The summed E-state index contributed by atoms with van der Waals surface area (Å²) in [6.45, 7) is 8.45. The summed E-state index contributed by atoms with van der Waals surface area (Å²) in [6.07, 6.45) is -4.87. The summed E-state index contributed by atoms with van der Waals surface area (Å²) in [5.41, 5.74) is 0. The van der Waals surface area contributed by atoms with E-state index in [1.807, 2.05) is 36.4 Å². The van der Waals surface area contributed by atoms with E-state index in [9.17, 15) is 10.2 Å². The highest BCUT2D eigenvalue weighted by Crippen LogP contribution is 2.38. The Labute approximate surface area is 184 Å². The molecule has 2 aromatic rings. The quantitative estimate of drug-likeness (QED) is 0.685. The van der Waals surface area contributed by atoms with E-state index in [4.69, 9.17) is 18.6 Å². The van der Waals surface area contributed by atoms with Gasteiger partial charge < -0.3 is 28.8 Å². The lowest BCUT2D eigenvalue weighted by Crippen LogP contribution is -2.68. The summed E-state index contributed by atoms with van der Waals surface area (Å²) in [6, 6.07) is 20.6. The maximum absolute atomic E-state index is 10.7. The molecular formula is C24H32O6Si. The number of aliphatic hydroxyl groups excluding tert-OH is 2. The molecule has 1 unspecified atom stereocenters. The first-order valence-corrected chi connectivity index (χ1v) is 12.7. The normalized spacial score (nSPS) is 31.4. The molecule has 31 heavy (non-hydrogen) atoms. The predicted octanol–water partition coefficient (Wildman–Crippen LogP) is 1.77. The van der Waals surface area contributed by atoms with Crippen LogP contribution in [0, 0.1) is 0 Å². The lowest BCUT2D eigenvalue weighted by Gasteiger charge is -2.45. The second kappa shape index (κ2) is 8.75. The van der Waals surface area contributed by atoms with Crippen LogP contribution in [-0.2, 0) is 18.6 Å². The first-order chi connectivity index (χ1) is 14.7. The molecule has 2 N–H and O–H groups in total. The van der Waals surface area contributed by atoms with Crippen molar-refractivity contribution in [3.05, 3.63) is 60.7 Å². The molecule has 0 saturated carbocycles. The van der Waals surface area contributed by atoms with E-state index in [-0.39, 0.29) is 11.6 Å². The lowest BCUT2D eigenvalue weighted by atomic mass is 9.99. The molecule has 6 atom stereocenters. The average Bonchev–Trinajstić information content (AvgIpc) is 3.13. The fourth-order valence-electron chi connectivity index (χ4n) is 4.71. The van der Waals surface area contributed by atoms with Crippen LogP contribution in [0.25, 0.3) is 0 Å². The van der Waals surface area contributed by atoms with E-state index in [1.54, 1.807) is 6.92 Å². The minimum Gasteiger partial charge on any atom is -0.405 e. The van der Waals surface area contributed by atoms with E-state index in [1.165, 1.54) is 0 Å². The molecule has 2 heterocycles. The monoisotopic (exact) mass is 444 g/mol. The Hall–Kier alpha value is -1.58. The maximum Gasteiger partial charge on any atom is 0.261 e. The van der Waals surface area contributed by atoms with Crippen molar-refractivity contribution in [1.29, 1.82) is 0 Å². The Balaban J connectivity index is 1.67. The van der Waals surface area contributed by atoms with Crippen molar-refractivity contribution in [1.82, 2.24) is 0 Å². The van der Waals surface area contributed by atoms with Crippen LogP contribution in [0.5, 0.6) is 0 Å². The smallest absolute Gasteiger partial charge is 0.261 e. The molecule has 6 nitrogen and oxygen atoms in total. The fraction of sp³-hybridized carbons (Fsp3) is 0.500. The van der Waals surface area contributed by atoms with E-state index in [0.717, 1.165) is 10.4 Å². The van der Waals surface area contributed by atoms with Gasteiger partial charge in [-0.1, -0.05) is 81.4 Å². The molecule has 0 aromatic heterocycles. The molecule has 2 aliphatic heterocycles. The van der Waals surface area contributed by atoms with Gasteiger partial charge in [0.1, 0.15) is 24.4 Å². The van der Waals surface area contributed by atoms with Crippen LogP contribution in [0.1, 0.15) is 27.7 Å².